The van der Waals surface area contributed by atoms with Crippen LogP contribution in [-0.4, -0.2) is 32.5 Å². The van der Waals surface area contributed by atoms with Crippen LogP contribution in [0.5, 0.6) is 11.5 Å². The predicted molar refractivity (Wildman–Crippen MR) is 168 cm³/mol. The van der Waals surface area contributed by atoms with Crippen molar-refractivity contribution in [3.05, 3.63) is 117 Å². The minimum absolute atomic E-state index is 0.361. The largest absolute Gasteiger partial charge is 0.490 e. The van der Waals surface area contributed by atoms with E-state index in [4.69, 9.17) is 14.5 Å². The van der Waals surface area contributed by atoms with Gasteiger partial charge in [-0.3, -0.25) is 4.99 Å². The van der Waals surface area contributed by atoms with Gasteiger partial charge in [0.25, 0.3) is 0 Å². The summed E-state index contributed by atoms with van der Waals surface area (Å²) in [5, 5.41) is 0. The summed E-state index contributed by atoms with van der Waals surface area (Å²) in [5.41, 5.74) is 8.92. The highest BCUT2D eigenvalue weighted by Crippen LogP contribution is 2.50. The van der Waals surface area contributed by atoms with Crippen LogP contribution in [0.3, 0.4) is 0 Å². The molecule has 2 heterocycles. The third-order valence-corrected chi connectivity index (χ3v) is 8.57. The van der Waals surface area contributed by atoms with Gasteiger partial charge in [-0.25, -0.2) is 0 Å². The summed E-state index contributed by atoms with van der Waals surface area (Å²) in [6.07, 6.45) is 4.17. The number of hydrogen-bond acceptors (Lipinski definition) is 4. The molecule has 4 nitrogen and oxygen atoms in total. The van der Waals surface area contributed by atoms with Gasteiger partial charge in [0, 0.05) is 36.8 Å². The van der Waals surface area contributed by atoms with Crippen LogP contribution in [0.15, 0.2) is 94.4 Å². The molecular formula is C35H35BrN2O2. The van der Waals surface area contributed by atoms with E-state index in [0.717, 1.165) is 53.2 Å². The molecule has 4 aromatic carbocycles. The summed E-state index contributed by atoms with van der Waals surface area (Å²) in [6, 6.07) is 30.6. The quantitative estimate of drug-likeness (QED) is 0.191. The zero-order valence-electron chi connectivity index (χ0n) is 23.1. The van der Waals surface area contributed by atoms with Crippen molar-refractivity contribution in [2.45, 2.75) is 38.5 Å². The average Bonchev–Trinajstić information content (AvgIpc) is 2.99. The van der Waals surface area contributed by atoms with Crippen LogP contribution in [0.4, 0.5) is 11.4 Å². The fourth-order valence-electron chi connectivity index (χ4n) is 6.27. The molecule has 0 spiro atoms. The lowest BCUT2D eigenvalue weighted by atomic mass is 9.76. The van der Waals surface area contributed by atoms with Gasteiger partial charge < -0.3 is 14.4 Å². The van der Waals surface area contributed by atoms with Crippen molar-refractivity contribution in [3.63, 3.8) is 0 Å². The number of rotatable bonds is 8. The number of aliphatic imine (C=N–C) groups is 1. The van der Waals surface area contributed by atoms with Crippen LogP contribution < -0.4 is 14.4 Å². The molecule has 6 rings (SSSR count). The van der Waals surface area contributed by atoms with Crippen molar-refractivity contribution in [2.75, 3.05) is 31.2 Å². The first kappa shape index (κ1) is 26.6. The van der Waals surface area contributed by atoms with E-state index >= 15 is 0 Å². The lowest BCUT2D eigenvalue weighted by Crippen LogP contribution is -2.37. The standard InChI is InChI=1S/C35H35BrN2O2/c1-3-39-33-20-24(19-32(36)35(33)40-4-2)23-37-27-21-30-28(25-11-7-5-8-12-25)15-17-38-18-16-29(31(22-27)34(30)38)26-13-9-6-10-14-26/h5-14,19-23,28-29H,3-4,15-18H2,1-2H3/t28-,29-/m0/s1. The number of hydrogen-bond donors (Lipinski definition) is 0. The van der Waals surface area contributed by atoms with Crippen LogP contribution in [-0.2, 0) is 0 Å². The van der Waals surface area contributed by atoms with Gasteiger partial charge in [-0.05, 0) is 94.7 Å². The second-order valence-corrected chi connectivity index (χ2v) is 11.3. The summed E-state index contributed by atoms with van der Waals surface area (Å²) in [7, 11) is 0. The van der Waals surface area contributed by atoms with E-state index < -0.39 is 0 Å². The zero-order chi connectivity index (χ0) is 27.5. The molecule has 40 heavy (non-hydrogen) atoms. The Labute approximate surface area is 245 Å². The molecule has 2 atom stereocenters. The van der Waals surface area contributed by atoms with Crippen LogP contribution in [0.1, 0.15) is 66.3 Å². The molecule has 0 saturated heterocycles. The molecule has 5 heteroatoms. The molecular weight excluding hydrogens is 560 g/mol. The Balaban J connectivity index is 1.46. The number of nitrogens with zero attached hydrogens (tertiary/aromatic N) is 2. The maximum Gasteiger partial charge on any atom is 0.175 e. The number of anilines is 1. The molecule has 2 aliphatic heterocycles. The number of ether oxygens (including phenoxy) is 2. The molecule has 2 aliphatic rings. The highest BCUT2D eigenvalue weighted by molar-refractivity contribution is 9.10. The van der Waals surface area contributed by atoms with Gasteiger partial charge in [-0.1, -0.05) is 60.7 Å². The first-order chi connectivity index (χ1) is 19.7. The molecule has 0 amide bonds. The van der Waals surface area contributed by atoms with E-state index in [-0.39, 0.29) is 0 Å². The SMILES string of the molecule is CCOc1cc(C=Nc2cc3c4c(c2)[C@H](c2ccccc2)CCN4CC[C@H]3c2ccccc2)cc(Br)c1OCC. The maximum atomic E-state index is 5.90. The van der Waals surface area contributed by atoms with Gasteiger partial charge in [-0.15, -0.1) is 0 Å². The van der Waals surface area contributed by atoms with Gasteiger partial charge in [0.2, 0.25) is 0 Å². The molecule has 204 valence electrons. The first-order valence-corrected chi connectivity index (χ1v) is 15.1. The summed E-state index contributed by atoms with van der Waals surface area (Å²) in [4.78, 5) is 7.66. The van der Waals surface area contributed by atoms with Gasteiger partial charge in [0.05, 0.1) is 23.4 Å². The Morgan fingerprint density at radius 3 is 1.93 bits per heavy atom. The smallest absolute Gasteiger partial charge is 0.175 e. The van der Waals surface area contributed by atoms with Crippen molar-refractivity contribution in [3.8, 4) is 11.5 Å². The fraction of sp³-hybridized carbons (Fsp3) is 0.286. The van der Waals surface area contributed by atoms with E-state index in [1.807, 2.05) is 32.2 Å². The zero-order valence-corrected chi connectivity index (χ0v) is 24.7. The van der Waals surface area contributed by atoms with E-state index in [1.165, 1.54) is 27.9 Å². The Kier molecular flexibility index (Phi) is 7.92. The van der Waals surface area contributed by atoms with E-state index in [2.05, 4.69) is 93.6 Å². The minimum atomic E-state index is 0.361. The van der Waals surface area contributed by atoms with E-state index in [9.17, 15) is 0 Å². The van der Waals surface area contributed by atoms with Crippen molar-refractivity contribution < 1.29 is 9.47 Å². The van der Waals surface area contributed by atoms with Gasteiger partial charge in [-0.2, -0.15) is 0 Å². The maximum absolute atomic E-state index is 5.90. The monoisotopic (exact) mass is 594 g/mol. The summed E-state index contributed by atoms with van der Waals surface area (Å²) in [5.74, 6) is 2.18. The lowest BCUT2D eigenvalue weighted by molar-refractivity contribution is 0.286. The van der Waals surface area contributed by atoms with Crippen LogP contribution in [0.25, 0.3) is 0 Å². The fourth-order valence-corrected chi connectivity index (χ4v) is 6.85. The lowest BCUT2D eigenvalue weighted by Gasteiger charge is -2.43. The van der Waals surface area contributed by atoms with Crippen molar-refractivity contribution in [2.24, 2.45) is 4.99 Å². The van der Waals surface area contributed by atoms with Gasteiger partial charge in [0.1, 0.15) is 0 Å². The first-order valence-electron chi connectivity index (χ1n) is 14.3. The summed E-state index contributed by atoms with van der Waals surface area (Å²) in [6.45, 7) is 7.28. The normalized spacial score (nSPS) is 18.0. The Morgan fingerprint density at radius 1 is 0.800 bits per heavy atom. The molecule has 0 N–H and O–H groups in total. The minimum Gasteiger partial charge on any atom is -0.490 e. The summed E-state index contributed by atoms with van der Waals surface area (Å²) < 4.78 is 12.6. The Morgan fingerprint density at radius 2 is 1.38 bits per heavy atom. The Hall–Kier alpha value is -3.57. The van der Waals surface area contributed by atoms with Gasteiger partial charge in [0.15, 0.2) is 11.5 Å². The predicted octanol–water partition coefficient (Wildman–Crippen LogP) is 8.87. The van der Waals surface area contributed by atoms with Crippen molar-refractivity contribution >= 4 is 33.5 Å². The van der Waals surface area contributed by atoms with Crippen molar-refractivity contribution in [1.82, 2.24) is 0 Å². The van der Waals surface area contributed by atoms with Crippen LogP contribution >= 0.6 is 15.9 Å². The van der Waals surface area contributed by atoms with Crippen LogP contribution in [0, 0.1) is 0 Å². The molecule has 0 bridgehead atoms. The third kappa shape index (κ3) is 5.27. The molecule has 0 fully saturated rings. The summed E-state index contributed by atoms with van der Waals surface area (Å²) >= 11 is 3.68. The molecule has 0 aromatic heterocycles. The molecule has 0 saturated carbocycles. The average molecular weight is 596 g/mol. The molecule has 4 aromatic rings. The molecule has 0 radical (unpaired) electrons. The van der Waals surface area contributed by atoms with E-state index in [0.29, 0.717) is 25.0 Å². The Bertz CT molecular complexity index is 1430. The van der Waals surface area contributed by atoms with Crippen molar-refractivity contribution in [1.29, 1.82) is 0 Å². The van der Waals surface area contributed by atoms with E-state index in [1.54, 1.807) is 0 Å². The molecule has 0 aliphatic carbocycles. The second-order valence-electron chi connectivity index (χ2n) is 10.4. The number of benzene rings is 4. The highest BCUT2D eigenvalue weighted by Gasteiger charge is 2.35. The highest BCUT2D eigenvalue weighted by atomic mass is 79.9. The van der Waals surface area contributed by atoms with Gasteiger partial charge >= 0.3 is 0 Å². The number of halogens is 1. The third-order valence-electron chi connectivity index (χ3n) is 7.98. The topological polar surface area (TPSA) is 34.1 Å². The van der Waals surface area contributed by atoms with Crippen LogP contribution in [0.2, 0.25) is 0 Å². The second kappa shape index (κ2) is 11.9. The molecule has 0 unspecified atom stereocenters.